The van der Waals surface area contributed by atoms with E-state index < -0.39 is 21.2 Å². The van der Waals surface area contributed by atoms with E-state index in [4.69, 9.17) is 0 Å². The number of benzene rings is 1. The zero-order valence-electron chi connectivity index (χ0n) is 9.10. The molecule has 0 spiro atoms. The van der Waals surface area contributed by atoms with Crippen molar-refractivity contribution in [3.05, 3.63) is 35.9 Å². The van der Waals surface area contributed by atoms with E-state index >= 15 is 0 Å². The molecule has 0 aliphatic carbocycles. The Morgan fingerprint density at radius 2 is 1.75 bits per heavy atom. The largest absolute Gasteiger partial charge is 0.274 e. The minimum absolute atomic E-state index is 0.397. The highest BCUT2D eigenvalue weighted by atomic mass is 32.2. The summed E-state index contributed by atoms with van der Waals surface area (Å²) in [5, 5.41) is -0.594. The van der Waals surface area contributed by atoms with Crippen LogP contribution in [0.1, 0.15) is 24.2 Å². The SMILES string of the molecule is CC(C)S(=O)(=O)NNC(=O)c1ccccc1. The van der Waals surface area contributed by atoms with Crippen LogP contribution in [0.15, 0.2) is 30.3 Å². The van der Waals surface area contributed by atoms with E-state index in [0.29, 0.717) is 5.56 Å². The van der Waals surface area contributed by atoms with Crippen molar-refractivity contribution in [2.75, 3.05) is 0 Å². The molecule has 0 aromatic heterocycles. The van der Waals surface area contributed by atoms with Gasteiger partial charge in [-0.3, -0.25) is 10.2 Å². The summed E-state index contributed by atoms with van der Waals surface area (Å²) in [6.45, 7) is 3.05. The Bertz CT molecular complexity index is 454. The van der Waals surface area contributed by atoms with E-state index in [1.165, 1.54) is 13.8 Å². The van der Waals surface area contributed by atoms with Crippen LogP contribution in [0, 0.1) is 0 Å². The average molecular weight is 242 g/mol. The van der Waals surface area contributed by atoms with Crippen molar-refractivity contribution in [2.24, 2.45) is 0 Å². The molecule has 1 aromatic rings. The molecule has 0 saturated heterocycles. The van der Waals surface area contributed by atoms with Crippen LogP contribution >= 0.6 is 0 Å². The molecule has 0 saturated carbocycles. The third-order valence-electron chi connectivity index (χ3n) is 1.96. The summed E-state index contributed by atoms with van der Waals surface area (Å²) < 4.78 is 22.7. The molecule has 0 heterocycles. The van der Waals surface area contributed by atoms with Crippen LogP contribution in [0.4, 0.5) is 0 Å². The second-order valence-corrected chi connectivity index (χ2v) is 5.75. The van der Waals surface area contributed by atoms with Crippen LogP contribution in [0.25, 0.3) is 0 Å². The third kappa shape index (κ3) is 3.32. The predicted octanol–water partition coefficient (Wildman–Crippen LogP) is 0.659. The van der Waals surface area contributed by atoms with Gasteiger partial charge in [0.25, 0.3) is 5.91 Å². The van der Waals surface area contributed by atoms with Crippen molar-refractivity contribution in [1.82, 2.24) is 10.3 Å². The van der Waals surface area contributed by atoms with Gasteiger partial charge in [-0.05, 0) is 26.0 Å². The fourth-order valence-corrected chi connectivity index (χ4v) is 1.37. The van der Waals surface area contributed by atoms with Gasteiger partial charge in [-0.2, -0.15) is 0 Å². The molecule has 2 N–H and O–H groups in total. The number of rotatable bonds is 4. The zero-order chi connectivity index (χ0) is 12.2. The predicted molar refractivity (Wildman–Crippen MR) is 61.1 cm³/mol. The lowest BCUT2D eigenvalue weighted by Gasteiger charge is -2.10. The monoisotopic (exact) mass is 242 g/mol. The number of hydrogen-bond donors (Lipinski definition) is 2. The Labute approximate surface area is 94.9 Å². The first-order chi connectivity index (χ1) is 7.43. The highest BCUT2D eigenvalue weighted by molar-refractivity contribution is 7.90. The fourth-order valence-electron chi connectivity index (χ4n) is 0.897. The van der Waals surface area contributed by atoms with E-state index in [9.17, 15) is 13.2 Å². The van der Waals surface area contributed by atoms with Gasteiger partial charge in [0.15, 0.2) is 0 Å². The number of amides is 1. The van der Waals surface area contributed by atoms with Crippen LogP contribution < -0.4 is 10.3 Å². The van der Waals surface area contributed by atoms with E-state index in [0.717, 1.165) is 0 Å². The van der Waals surface area contributed by atoms with E-state index in [2.05, 4.69) is 5.43 Å². The van der Waals surface area contributed by atoms with Gasteiger partial charge in [0.1, 0.15) is 0 Å². The number of hydrazine groups is 1. The first kappa shape index (κ1) is 12.7. The van der Waals surface area contributed by atoms with Crippen molar-refractivity contribution in [3.63, 3.8) is 0 Å². The highest BCUT2D eigenvalue weighted by Crippen LogP contribution is 1.98. The van der Waals surface area contributed by atoms with Gasteiger partial charge in [0.2, 0.25) is 10.0 Å². The fraction of sp³-hybridized carbons (Fsp3) is 0.300. The molecule has 88 valence electrons. The van der Waals surface area contributed by atoms with Crippen molar-refractivity contribution < 1.29 is 13.2 Å². The molecule has 0 fully saturated rings. The summed E-state index contributed by atoms with van der Waals surface area (Å²) in [5.41, 5.74) is 2.54. The highest BCUT2D eigenvalue weighted by Gasteiger charge is 2.16. The number of nitrogens with one attached hydrogen (secondary N) is 2. The van der Waals surface area contributed by atoms with E-state index in [1.807, 2.05) is 4.83 Å². The molecule has 1 rings (SSSR count). The van der Waals surface area contributed by atoms with Crippen LogP contribution in [0.3, 0.4) is 0 Å². The van der Waals surface area contributed by atoms with E-state index in [-0.39, 0.29) is 0 Å². The molecular formula is C10H14N2O3S. The Kier molecular flexibility index (Phi) is 4.03. The van der Waals surface area contributed by atoms with Crippen LogP contribution in [-0.2, 0) is 10.0 Å². The summed E-state index contributed by atoms with van der Waals surface area (Å²) in [5.74, 6) is -0.482. The lowest BCUT2D eigenvalue weighted by molar-refractivity contribution is 0.0945. The molecule has 5 nitrogen and oxygen atoms in total. The summed E-state index contributed by atoms with van der Waals surface area (Å²) in [6, 6.07) is 8.37. The number of hydrogen-bond acceptors (Lipinski definition) is 3. The summed E-state index contributed by atoms with van der Waals surface area (Å²) in [4.78, 5) is 13.5. The molecule has 0 radical (unpaired) electrons. The van der Waals surface area contributed by atoms with Gasteiger partial charge in [-0.15, -0.1) is 4.83 Å². The molecule has 1 amide bonds. The van der Waals surface area contributed by atoms with Crippen LogP contribution in [0.2, 0.25) is 0 Å². The first-order valence-corrected chi connectivity index (χ1v) is 6.34. The molecule has 16 heavy (non-hydrogen) atoms. The molecule has 1 aromatic carbocycles. The smallest absolute Gasteiger partial charge is 0.266 e. The lowest BCUT2D eigenvalue weighted by Crippen LogP contribution is -2.44. The van der Waals surface area contributed by atoms with Crippen LogP contribution in [-0.4, -0.2) is 19.6 Å². The topological polar surface area (TPSA) is 75.3 Å². The lowest BCUT2D eigenvalue weighted by atomic mass is 10.2. The first-order valence-electron chi connectivity index (χ1n) is 4.79. The van der Waals surface area contributed by atoms with Gasteiger partial charge in [-0.1, -0.05) is 18.2 Å². The molecule has 0 unspecified atom stereocenters. The van der Waals surface area contributed by atoms with Gasteiger partial charge in [0, 0.05) is 5.56 Å². The van der Waals surface area contributed by atoms with Crippen molar-refractivity contribution in [3.8, 4) is 0 Å². The zero-order valence-corrected chi connectivity index (χ0v) is 9.91. The third-order valence-corrected chi connectivity index (χ3v) is 3.59. The minimum Gasteiger partial charge on any atom is -0.274 e. The summed E-state index contributed by atoms with van der Waals surface area (Å²) >= 11 is 0. The Balaban J connectivity index is 2.62. The molecule has 0 bridgehead atoms. The number of sulfonamides is 1. The van der Waals surface area contributed by atoms with Crippen molar-refractivity contribution in [2.45, 2.75) is 19.1 Å². The molecule has 6 heteroatoms. The normalized spacial score (nSPS) is 11.4. The molecule has 0 aliphatic heterocycles. The van der Waals surface area contributed by atoms with Crippen molar-refractivity contribution >= 4 is 15.9 Å². The molecular weight excluding hydrogens is 228 g/mol. The van der Waals surface area contributed by atoms with Gasteiger partial charge in [-0.25, -0.2) is 8.42 Å². The number of carbonyl (C=O) groups is 1. The van der Waals surface area contributed by atoms with E-state index in [1.54, 1.807) is 30.3 Å². The maximum atomic E-state index is 11.5. The number of carbonyl (C=O) groups excluding carboxylic acids is 1. The maximum absolute atomic E-state index is 11.5. The quantitative estimate of drug-likeness (QED) is 0.762. The minimum atomic E-state index is -3.48. The average Bonchev–Trinajstić information content (AvgIpc) is 2.27. The summed E-state index contributed by atoms with van der Waals surface area (Å²) in [6.07, 6.45) is 0. The maximum Gasteiger partial charge on any atom is 0.266 e. The van der Waals surface area contributed by atoms with Gasteiger partial charge < -0.3 is 0 Å². The van der Waals surface area contributed by atoms with Gasteiger partial charge in [0.05, 0.1) is 5.25 Å². The Morgan fingerprint density at radius 3 is 2.25 bits per heavy atom. The molecule has 0 aliphatic rings. The Morgan fingerprint density at radius 1 is 1.19 bits per heavy atom. The molecule has 0 atom stereocenters. The van der Waals surface area contributed by atoms with Crippen molar-refractivity contribution in [1.29, 1.82) is 0 Å². The second-order valence-electron chi connectivity index (χ2n) is 3.52. The summed E-state index contributed by atoms with van der Waals surface area (Å²) in [7, 11) is -3.48. The standard InChI is InChI=1S/C10H14N2O3S/c1-8(2)16(14,15)12-11-10(13)9-6-4-3-5-7-9/h3-8,12H,1-2H3,(H,11,13). The van der Waals surface area contributed by atoms with Gasteiger partial charge >= 0.3 is 0 Å². The second kappa shape index (κ2) is 5.09. The Hall–Kier alpha value is -1.40. The van der Waals surface area contributed by atoms with Crippen LogP contribution in [0.5, 0.6) is 0 Å².